The number of aliphatic hydroxyl groups is 1. The predicted molar refractivity (Wildman–Crippen MR) is 73.4 cm³/mol. The largest absolute Gasteiger partial charge is 0.396 e. The van der Waals surface area contributed by atoms with Gasteiger partial charge in [0.25, 0.3) is 0 Å². The molecular formula is C15H19FN2O. The molecule has 0 saturated heterocycles. The average molecular weight is 262 g/mol. The van der Waals surface area contributed by atoms with Gasteiger partial charge in [-0.25, -0.2) is 9.37 Å². The summed E-state index contributed by atoms with van der Waals surface area (Å²) in [6, 6.07) is 6.59. The normalized spacial score (nSPS) is 12.9. The molecule has 0 aliphatic heterocycles. The van der Waals surface area contributed by atoms with Crippen LogP contribution in [0.4, 0.5) is 4.39 Å². The first-order valence-corrected chi connectivity index (χ1v) is 6.46. The van der Waals surface area contributed by atoms with E-state index in [2.05, 4.69) is 9.97 Å². The van der Waals surface area contributed by atoms with E-state index >= 15 is 0 Å². The highest BCUT2D eigenvalue weighted by molar-refractivity contribution is 5.62. The second kappa shape index (κ2) is 5.53. The zero-order valence-electron chi connectivity index (χ0n) is 11.4. The second-order valence-corrected chi connectivity index (χ2v) is 5.11. The number of benzene rings is 1. The van der Waals surface area contributed by atoms with E-state index < -0.39 is 0 Å². The fourth-order valence-electron chi connectivity index (χ4n) is 2.19. The van der Waals surface area contributed by atoms with Gasteiger partial charge in [0.2, 0.25) is 0 Å². The Morgan fingerprint density at radius 3 is 2.58 bits per heavy atom. The van der Waals surface area contributed by atoms with Gasteiger partial charge in [0, 0.05) is 17.2 Å². The van der Waals surface area contributed by atoms with Crippen molar-refractivity contribution in [3.05, 3.63) is 41.6 Å². The zero-order chi connectivity index (χ0) is 14.0. The van der Waals surface area contributed by atoms with E-state index in [9.17, 15) is 9.50 Å². The number of nitrogens with zero attached hydrogens (tertiary/aromatic N) is 1. The van der Waals surface area contributed by atoms with E-state index in [1.165, 1.54) is 6.07 Å². The summed E-state index contributed by atoms with van der Waals surface area (Å²) in [5.74, 6) is 0.644. The fourth-order valence-corrected chi connectivity index (χ4v) is 2.19. The molecular weight excluding hydrogens is 243 g/mol. The van der Waals surface area contributed by atoms with Crippen LogP contribution in [-0.4, -0.2) is 21.7 Å². The molecule has 3 nitrogen and oxygen atoms in total. The molecule has 1 aromatic carbocycles. The van der Waals surface area contributed by atoms with Crippen LogP contribution in [0.1, 0.15) is 31.3 Å². The highest BCUT2D eigenvalue weighted by Crippen LogP contribution is 2.28. The third-order valence-corrected chi connectivity index (χ3v) is 3.38. The maximum atomic E-state index is 13.8. The number of halogens is 1. The summed E-state index contributed by atoms with van der Waals surface area (Å²) >= 11 is 0. The number of H-pyrrole nitrogens is 1. The van der Waals surface area contributed by atoms with Crippen molar-refractivity contribution < 1.29 is 9.50 Å². The number of aromatic nitrogens is 2. The maximum absolute atomic E-state index is 13.8. The number of aromatic amines is 1. The molecule has 0 radical (unpaired) electrons. The zero-order valence-corrected chi connectivity index (χ0v) is 11.4. The first-order valence-electron chi connectivity index (χ1n) is 6.46. The maximum Gasteiger partial charge on any atom is 0.132 e. The Balaban J connectivity index is 2.45. The summed E-state index contributed by atoms with van der Waals surface area (Å²) < 4.78 is 13.8. The summed E-state index contributed by atoms with van der Waals surface area (Å²) in [7, 11) is 0. The Kier molecular flexibility index (Phi) is 4.00. The Hall–Kier alpha value is -1.68. The molecule has 102 valence electrons. The van der Waals surface area contributed by atoms with Gasteiger partial charge in [0.05, 0.1) is 12.3 Å². The molecule has 1 atom stereocenters. The van der Waals surface area contributed by atoms with Crippen LogP contribution < -0.4 is 0 Å². The summed E-state index contributed by atoms with van der Waals surface area (Å²) in [5.41, 5.74) is 1.93. The highest BCUT2D eigenvalue weighted by Gasteiger charge is 2.21. The van der Waals surface area contributed by atoms with Crippen molar-refractivity contribution in [2.75, 3.05) is 6.61 Å². The molecule has 2 rings (SSSR count). The van der Waals surface area contributed by atoms with E-state index in [4.69, 9.17) is 0 Å². The van der Waals surface area contributed by atoms with Crippen molar-refractivity contribution in [1.29, 1.82) is 0 Å². The minimum atomic E-state index is -0.284. The van der Waals surface area contributed by atoms with Gasteiger partial charge in [-0.3, -0.25) is 0 Å². The first kappa shape index (κ1) is 13.7. The van der Waals surface area contributed by atoms with Crippen LogP contribution in [0.15, 0.2) is 24.3 Å². The number of rotatable bonds is 4. The number of imidazole rings is 1. The molecule has 4 heteroatoms. The lowest BCUT2D eigenvalue weighted by molar-refractivity contribution is 0.232. The molecule has 0 aliphatic rings. The molecule has 2 aromatic rings. The lowest BCUT2D eigenvalue weighted by atomic mass is 9.96. The van der Waals surface area contributed by atoms with Crippen molar-refractivity contribution in [3.8, 4) is 11.3 Å². The summed E-state index contributed by atoms with van der Waals surface area (Å²) in [6.45, 7) is 5.96. The minimum absolute atomic E-state index is 0.0291. The number of aliphatic hydroxyl groups excluding tert-OH is 1. The standard InChI is InChI=1S/C15H19FN2O/c1-9(2)12(8-19)15-17-10(3)14(18-15)11-6-4-5-7-13(11)16/h4-7,9,12,19H,8H2,1-3H3,(H,17,18). The number of hydrogen-bond acceptors (Lipinski definition) is 2. The summed E-state index contributed by atoms with van der Waals surface area (Å²) in [6.07, 6.45) is 0. The first-order chi connectivity index (χ1) is 9.04. The van der Waals surface area contributed by atoms with Crippen LogP contribution >= 0.6 is 0 Å². The van der Waals surface area contributed by atoms with Crippen molar-refractivity contribution in [2.45, 2.75) is 26.7 Å². The van der Waals surface area contributed by atoms with Crippen LogP contribution in [-0.2, 0) is 0 Å². The third-order valence-electron chi connectivity index (χ3n) is 3.38. The van der Waals surface area contributed by atoms with Gasteiger partial charge < -0.3 is 10.1 Å². The molecule has 19 heavy (non-hydrogen) atoms. The van der Waals surface area contributed by atoms with Gasteiger partial charge in [0.1, 0.15) is 11.6 Å². The van der Waals surface area contributed by atoms with E-state index in [0.717, 1.165) is 5.69 Å². The lowest BCUT2D eigenvalue weighted by Gasteiger charge is -2.15. The SMILES string of the molecule is Cc1[nH]c(C(CO)C(C)C)nc1-c1ccccc1F. The molecule has 0 fully saturated rings. The molecule has 1 unspecified atom stereocenters. The summed E-state index contributed by atoms with van der Waals surface area (Å²) in [4.78, 5) is 7.64. The number of nitrogens with one attached hydrogen (secondary N) is 1. The van der Waals surface area contributed by atoms with Gasteiger partial charge in [-0.1, -0.05) is 26.0 Å². The minimum Gasteiger partial charge on any atom is -0.396 e. The topological polar surface area (TPSA) is 48.9 Å². The Morgan fingerprint density at radius 2 is 2.00 bits per heavy atom. The van der Waals surface area contributed by atoms with Gasteiger partial charge in [-0.15, -0.1) is 0 Å². The van der Waals surface area contributed by atoms with Gasteiger partial charge in [0.15, 0.2) is 0 Å². The molecule has 0 bridgehead atoms. The van der Waals surface area contributed by atoms with Crippen LogP contribution in [0, 0.1) is 18.7 Å². The lowest BCUT2D eigenvalue weighted by Crippen LogP contribution is -2.12. The summed E-state index contributed by atoms with van der Waals surface area (Å²) in [5, 5.41) is 9.44. The Morgan fingerprint density at radius 1 is 1.32 bits per heavy atom. The van der Waals surface area contributed by atoms with Gasteiger partial charge >= 0.3 is 0 Å². The van der Waals surface area contributed by atoms with Crippen molar-refractivity contribution in [2.24, 2.45) is 5.92 Å². The Bertz CT molecular complexity index is 563. The molecule has 0 spiro atoms. The highest BCUT2D eigenvalue weighted by atomic mass is 19.1. The van der Waals surface area contributed by atoms with Crippen molar-refractivity contribution in [1.82, 2.24) is 9.97 Å². The van der Waals surface area contributed by atoms with E-state index in [1.807, 2.05) is 20.8 Å². The van der Waals surface area contributed by atoms with Crippen LogP contribution in [0.5, 0.6) is 0 Å². The van der Waals surface area contributed by atoms with Gasteiger partial charge in [-0.2, -0.15) is 0 Å². The fraction of sp³-hybridized carbons (Fsp3) is 0.400. The monoisotopic (exact) mass is 262 g/mol. The smallest absolute Gasteiger partial charge is 0.132 e. The number of aryl methyl sites for hydroxylation is 1. The van der Waals surface area contributed by atoms with Crippen LogP contribution in [0.25, 0.3) is 11.3 Å². The Labute approximate surface area is 112 Å². The van der Waals surface area contributed by atoms with E-state index in [0.29, 0.717) is 17.1 Å². The average Bonchev–Trinajstić information content (AvgIpc) is 2.72. The quantitative estimate of drug-likeness (QED) is 0.888. The van der Waals surface area contributed by atoms with E-state index in [-0.39, 0.29) is 24.3 Å². The van der Waals surface area contributed by atoms with E-state index in [1.54, 1.807) is 18.2 Å². The molecule has 0 amide bonds. The van der Waals surface area contributed by atoms with Crippen LogP contribution in [0.3, 0.4) is 0 Å². The molecule has 1 heterocycles. The molecule has 0 saturated carbocycles. The predicted octanol–water partition coefficient (Wildman–Crippen LogP) is 3.26. The molecule has 1 aromatic heterocycles. The van der Waals surface area contributed by atoms with Crippen molar-refractivity contribution >= 4 is 0 Å². The van der Waals surface area contributed by atoms with Gasteiger partial charge in [-0.05, 0) is 25.0 Å². The van der Waals surface area contributed by atoms with Crippen LogP contribution in [0.2, 0.25) is 0 Å². The van der Waals surface area contributed by atoms with Crippen molar-refractivity contribution in [3.63, 3.8) is 0 Å². The molecule has 2 N–H and O–H groups in total. The molecule has 0 aliphatic carbocycles. The second-order valence-electron chi connectivity index (χ2n) is 5.11. The number of hydrogen-bond donors (Lipinski definition) is 2. The third kappa shape index (κ3) is 2.68.